The van der Waals surface area contributed by atoms with Gasteiger partial charge in [0, 0.05) is 5.56 Å². The first-order valence-corrected chi connectivity index (χ1v) is 6.28. The van der Waals surface area contributed by atoms with Crippen LogP contribution in [0.1, 0.15) is 11.1 Å². The molecule has 0 saturated carbocycles. The molecule has 96 valence electrons. The summed E-state index contributed by atoms with van der Waals surface area (Å²) in [5, 5.41) is 9.75. The van der Waals surface area contributed by atoms with Crippen molar-refractivity contribution in [1.29, 1.82) is 0 Å². The standard InChI is InChI=1S/C16H15NO2/c18-11-16(14-9-5-2-6-10-14)12-19-15(17-16)13-7-3-1-4-8-13/h1-10,18H,11-12H2. The van der Waals surface area contributed by atoms with Crippen LogP contribution in [0.3, 0.4) is 0 Å². The van der Waals surface area contributed by atoms with Gasteiger partial charge in [-0.25, -0.2) is 4.99 Å². The summed E-state index contributed by atoms with van der Waals surface area (Å²) in [5.74, 6) is 0.596. The highest BCUT2D eigenvalue weighted by molar-refractivity contribution is 5.95. The van der Waals surface area contributed by atoms with Crippen LogP contribution in [0.2, 0.25) is 0 Å². The third kappa shape index (κ3) is 2.13. The normalized spacial score (nSPS) is 21.8. The van der Waals surface area contributed by atoms with E-state index < -0.39 is 5.54 Å². The summed E-state index contributed by atoms with van der Waals surface area (Å²) in [6, 6.07) is 19.5. The minimum absolute atomic E-state index is 0.0622. The molecule has 0 saturated heterocycles. The van der Waals surface area contributed by atoms with Crippen LogP contribution < -0.4 is 0 Å². The number of aliphatic imine (C=N–C) groups is 1. The first-order valence-electron chi connectivity index (χ1n) is 6.28. The maximum Gasteiger partial charge on any atom is 0.217 e. The van der Waals surface area contributed by atoms with Gasteiger partial charge in [-0.2, -0.15) is 0 Å². The molecule has 3 heteroatoms. The van der Waals surface area contributed by atoms with Crippen LogP contribution in [-0.2, 0) is 10.3 Å². The molecule has 0 amide bonds. The van der Waals surface area contributed by atoms with E-state index in [1.165, 1.54) is 0 Å². The van der Waals surface area contributed by atoms with E-state index in [2.05, 4.69) is 4.99 Å². The predicted molar refractivity (Wildman–Crippen MR) is 74.1 cm³/mol. The van der Waals surface area contributed by atoms with Crippen LogP contribution in [0.5, 0.6) is 0 Å². The number of benzene rings is 2. The lowest BCUT2D eigenvalue weighted by atomic mass is 9.93. The fourth-order valence-corrected chi connectivity index (χ4v) is 2.24. The molecule has 1 N–H and O–H groups in total. The lowest BCUT2D eigenvalue weighted by Crippen LogP contribution is -2.29. The lowest BCUT2D eigenvalue weighted by Gasteiger charge is -2.21. The molecule has 0 bridgehead atoms. The number of aliphatic hydroxyl groups excluding tert-OH is 1. The molecular formula is C16H15NO2. The zero-order chi connectivity index (χ0) is 13.1. The lowest BCUT2D eigenvalue weighted by molar-refractivity contribution is 0.157. The van der Waals surface area contributed by atoms with Gasteiger partial charge < -0.3 is 9.84 Å². The quantitative estimate of drug-likeness (QED) is 0.912. The Morgan fingerprint density at radius 1 is 1.00 bits per heavy atom. The molecule has 1 unspecified atom stereocenters. The molecule has 1 atom stereocenters. The van der Waals surface area contributed by atoms with E-state index in [4.69, 9.17) is 4.74 Å². The summed E-state index contributed by atoms with van der Waals surface area (Å²) in [7, 11) is 0. The van der Waals surface area contributed by atoms with Gasteiger partial charge in [-0.05, 0) is 17.7 Å². The molecule has 1 heterocycles. The van der Waals surface area contributed by atoms with Crippen LogP contribution >= 0.6 is 0 Å². The van der Waals surface area contributed by atoms with Crippen molar-refractivity contribution in [3.05, 3.63) is 71.8 Å². The van der Waals surface area contributed by atoms with Crippen LogP contribution in [0.25, 0.3) is 0 Å². The summed E-state index contributed by atoms with van der Waals surface area (Å²) in [6.07, 6.45) is 0. The van der Waals surface area contributed by atoms with Gasteiger partial charge in [-0.1, -0.05) is 48.5 Å². The van der Waals surface area contributed by atoms with Crippen molar-refractivity contribution in [3.63, 3.8) is 0 Å². The first-order chi connectivity index (χ1) is 9.34. The SMILES string of the molecule is OCC1(c2ccccc2)COC(c2ccccc2)=N1. The van der Waals surface area contributed by atoms with Gasteiger partial charge >= 0.3 is 0 Å². The Morgan fingerprint density at radius 3 is 2.26 bits per heavy atom. The second kappa shape index (κ2) is 4.86. The van der Waals surface area contributed by atoms with E-state index in [-0.39, 0.29) is 6.61 Å². The minimum Gasteiger partial charge on any atom is -0.474 e. The molecule has 19 heavy (non-hydrogen) atoms. The maximum absolute atomic E-state index is 9.75. The van der Waals surface area contributed by atoms with Gasteiger partial charge in [0.1, 0.15) is 12.1 Å². The maximum atomic E-state index is 9.75. The Balaban J connectivity index is 2.00. The summed E-state index contributed by atoms with van der Waals surface area (Å²) < 4.78 is 5.69. The molecular weight excluding hydrogens is 238 g/mol. The van der Waals surface area contributed by atoms with Crippen molar-refractivity contribution < 1.29 is 9.84 Å². The number of rotatable bonds is 3. The zero-order valence-corrected chi connectivity index (χ0v) is 10.5. The molecule has 0 fully saturated rings. The highest BCUT2D eigenvalue weighted by Gasteiger charge is 2.38. The van der Waals surface area contributed by atoms with Crippen molar-refractivity contribution >= 4 is 5.90 Å². The molecule has 0 spiro atoms. The van der Waals surface area contributed by atoms with E-state index in [9.17, 15) is 5.11 Å². The van der Waals surface area contributed by atoms with Gasteiger partial charge in [0.15, 0.2) is 0 Å². The largest absolute Gasteiger partial charge is 0.474 e. The van der Waals surface area contributed by atoms with Gasteiger partial charge in [-0.15, -0.1) is 0 Å². The molecule has 3 nitrogen and oxygen atoms in total. The predicted octanol–water partition coefficient (Wildman–Crippen LogP) is 2.35. The van der Waals surface area contributed by atoms with Crippen molar-refractivity contribution in [2.45, 2.75) is 5.54 Å². The third-order valence-electron chi connectivity index (χ3n) is 3.36. The molecule has 0 aliphatic carbocycles. The van der Waals surface area contributed by atoms with E-state index >= 15 is 0 Å². The Hall–Kier alpha value is -2.13. The van der Waals surface area contributed by atoms with E-state index in [1.54, 1.807) is 0 Å². The average molecular weight is 253 g/mol. The van der Waals surface area contributed by atoms with Gasteiger partial charge in [0.2, 0.25) is 5.90 Å². The molecule has 1 aliphatic rings. The van der Waals surface area contributed by atoms with Crippen molar-refractivity contribution in [2.75, 3.05) is 13.2 Å². The van der Waals surface area contributed by atoms with Gasteiger partial charge in [-0.3, -0.25) is 0 Å². The van der Waals surface area contributed by atoms with Crippen LogP contribution in [0.4, 0.5) is 0 Å². The average Bonchev–Trinajstić information content (AvgIpc) is 2.95. The smallest absolute Gasteiger partial charge is 0.217 e. The Morgan fingerprint density at radius 2 is 1.63 bits per heavy atom. The monoisotopic (exact) mass is 253 g/mol. The van der Waals surface area contributed by atoms with Crippen LogP contribution in [-0.4, -0.2) is 24.2 Å². The second-order valence-electron chi connectivity index (χ2n) is 4.63. The molecule has 0 radical (unpaired) electrons. The Labute approximate surface area is 112 Å². The summed E-state index contributed by atoms with van der Waals surface area (Å²) in [6.45, 7) is 0.311. The summed E-state index contributed by atoms with van der Waals surface area (Å²) in [5.41, 5.74) is 1.24. The van der Waals surface area contributed by atoms with Crippen molar-refractivity contribution in [2.24, 2.45) is 4.99 Å². The number of ether oxygens (including phenoxy) is 1. The second-order valence-corrected chi connectivity index (χ2v) is 4.63. The zero-order valence-electron chi connectivity index (χ0n) is 10.5. The minimum atomic E-state index is -0.674. The summed E-state index contributed by atoms with van der Waals surface area (Å²) >= 11 is 0. The van der Waals surface area contributed by atoms with E-state index in [1.807, 2.05) is 60.7 Å². The topological polar surface area (TPSA) is 41.8 Å². The molecule has 3 rings (SSSR count). The van der Waals surface area contributed by atoms with Gasteiger partial charge in [0.25, 0.3) is 0 Å². The Kier molecular flexibility index (Phi) is 3.05. The number of aliphatic hydroxyl groups is 1. The third-order valence-corrected chi connectivity index (χ3v) is 3.36. The molecule has 2 aromatic carbocycles. The van der Waals surface area contributed by atoms with E-state index in [0.717, 1.165) is 11.1 Å². The molecule has 2 aromatic rings. The highest BCUT2D eigenvalue weighted by Crippen LogP contribution is 2.31. The summed E-state index contributed by atoms with van der Waals surface area (Å²) in [4.78, 5) is 4.62. The van der Waals surface area contributed by atoms with Crippen LogP contribution in [0, 0.1) is 0 Å². The number of nitrogens with zero attached hydrogens (tertiary/aromatic N) is 1. The van der Waals surface area contributed by atoms with Crippen LogP contribution in [0.15, 0.2) is 65.7 Å². The Bertz CT molecular complexity index is 580. The van der Waals surface area contributed by atoms with Gasteiger partial charge in [0.05, 0.1) is 6.61 Å². The fourth-order valence-electron chi connectivity index (χ4n) is 2.24. The van der Waals surface area contributed by atoms with Crippen molar-refractivity contribution in [1.82, 2.24) is 0 Å². The number of hydrogen-bond donors (Lipinski definition) is 1. The number of hydrogen-bond acceptors (Lipinski definition) is 3. The molecule has 1 aliphatic heterocycles. The fraction of sp³-hybridized carbons (Fsp3) is 0.188. The molecule has 0 aromatic heterocycles. The van der Waals surface area contributed by atoms with Crippen molar-refractivity contribution in [3.8, 4) is 0 Å². The highest BCUT2D eigenvalue weighted by atomic mass is 16.5. The first kappa shape index (κ1) is 11.9. The van der Waals surface area contributed by atoms with E-state index in [0.29, 0.717) is 12.5 Å².